The maximum Gasteiger partial charge on any atom is 0.0650 e. The van der Waals surface area contributed by atoms with Gasteiger partial charge in [0.1, 0.15) is 0 Å². The van der Waals surface area contributed by atoms with Gasteiger partial charge in [-0.3, -0.25) is 0 Å². The molecule has 0 saturated heterocycles. The topological polar surface area (TPSA) is 46.2 Å². The quantitative estimate of drug-likeness (QED) is 0.690. The molecule has 1 aromatic rings. The third kappa shape index (κ3) is 1.84. The number of benzene rings is 1. The third-order valence-corrected chi connectivity index (χ3v) is 2.01. The van der Waals surface area contributed by atoms with Crippen LogP contribution in [-0.4, -0.2) is 11.7 Å². The monoisotopic (exact) mass is 165 g/mol. The molecule has 0 aliphatic heterocycles. The summed E-state index contributed by atoms with van der Waals surface area (Å²) in [5, 5.41) is 9.01. The normalized spacial score (nSPS) is 15.7. The SMILES string of the molecule is Cc1cccc(C(C)(N)CO)c1. The maximum atomic E-state index is 9.01. The van der Waals surface area contributed by atoms with E-state index in [0.717, 1.165) is 11.1 Å². The zero-order valence-electron chi connectivity index (χ0n) is 7.54. The highest BCUT2D eigenvalue weighted by Gasteiger charge is 2.19. The van der Waals surface area contributed by atoms with Crippen LogP contribution in [0, 0.1) is 6.92 Å². The molecule has 2 nitrogen and oxygen atoms in total. The highest BCUT2D eigenvalue weighted by Crippen LogP contribution is 2.17. The molecule has 2 heteroatoms. The van der Waals surface area contributed by atoms with Gasteiger partial charge in [0.05, 0.1) is 12.1 Å². The predicted molar refractivity (Wildman–Crippen MR) is 49.8 cm³/mol. The number of hydrogen-bond donors (Lipinski definition) is 2. The smallest absolute Gasteiger partial charge is 0.0650 e. The van der Waals surface area contributed by atoms with Crippen molar-refractivity contribution in [3.05, 3.63) is 35.4 Å². The zero-order valence-corrected chi connectivity index (χ0v) is 7.54. The van der Waals surface area contributed by atoms with E-state index in [1.54, 1.807) is 0 Å². The molecule has 0 amide bonds. The summed E-state index contributed by atoms with van der Waals surface area (Å²) in [7, 11) is 0. The van der Waals surface area contributed by atoms with Crippen LogP contribution in [-0.2, 0) is 5.54 Å². The number of rotatable bonds is 2. The Morgan fingerprint density at radius 2 is 2.17 bits per heavy atom. The zero-order chi connectivity index (χ0) is 9.19. The van der Waals surface area contributed by atoms with Crippen molar-refractivity contribution in [2.45, 2.75) is 19.4 Å². The second-order valence-corrected chi connectivity index (χ2v) is 3.45. The van der Waals surface area contributed by atoms with Gasteiger partial charge in [-0.05, 0) is 19.4 Å². The van der Waals surface area contributed by atoms with Gasteiger partial charge in [-0.15, -0.1) is 0 Å². The van der Waals surface area contributed by atoms with Crippen molar-refractivity contribution < 1.29 is 5.11 Å². The Hall–Kier alpha value is -0.860. The highest BCUT2D eigenvalue weighted by molar-refractivity contribution is 5.27. The summed E-state index contributed by atoms with van der Waals surface area (Å²) in [6.45, 7) is 3.80. The molecule has 1 rings (SSSR count). The summed E-state index contributed by atoms with van der Waals surface area (Å²) in [5.41, 5.74) is 7.38. The lowest BCUT2D eigenvalue weighted by molar-refractivity contribution is 0.210. The van der Waals surface area contributed by atoms with Gasteiger partial charge >= 0.3 is 0 Å². The molecule has 3 N–H and O–H groups in total. The molecule has 1 atom stereocenters. The van der Waals surface area contributed by atoms with E-state index in [0.29, 0.717) is 0 Å². The Balaban J connectivity index is 3.03. The molecular weight excluding hydrogens is 150 g/mol. The Bertz CT molecular complexity index is 268. The van der Waals surface area contributed by atoms with Crippen LogP contribution in [0.1, 0.15) is 18.1 Å². The first kappa shape index (κ1) is 9.23. The van der Waals surface area contributed by atoms with Crippen LogP contribution in [0.3, 0.4) is 0 Å². The molecule has 0 heterocycles. The molecule has 0 fully saturated rings. The first-order valence-corrected chi connectivity index (χ1v) is 4.03. The molecule has 0 spiro atoms. The van der Waals surface area contributed by atoms with Gasteiger partial charge in [-0.25, -0.2) is 0 Å². The number of aliphatic hydroxyl groups excluding tert-OH is 1. The summed E-state index contributed by atoms with van der Waals surface area (Å²) < 4.78 is 0. The van der Waals surface area contributed by atoms with Crippen molar-refractivity contribution in [1.82, 2.24) is 0 Å². The van der Waals surface area contributed by atoms with Crippen LogP contribution >= 0.6 is 0 Å². The van der Waals surface area contributed by atoms with Gasteiger partial charge < -0.3 is 10.8 Å². The first-order valence-electron chi connectivity index (χ1n) is 4.03. The number of hydrogen-bond acceptors (Lipinski definition) is 2. The fraction of sp³-hybridized carbons (Fsp3) is 0.400. The molecule has 66 valence electrons. The van der Waals surface area contributed by atoms with Gasteiger partial charge in [-0.1, -0.05) is 29.8 Å². The van der Waals surface area contributed by atoms with Crippen molar-refractivity contribution >= 4 is 0 Å². The third-order valence-electron chi connectivity index (χ3n) is 2.01. The van der Waals surface area contributed by atoms with Crippen molar-refractivity contribution in [1.29, 1.82) is 0 Å². The maximum absolute atomic E-state index is 9.01. The van der Waals surface area contributed by atoms with E-state index in [1.807, 2.05) is 38.1 Å². The van der Waals surface area contributed by atoms with E-state index >= 15 is 0 Å². The lowest BCUT2D eigenvalue weighted by atomic mass is 9.93. The molecule has 0 bridgehead atoms. The van der Waals surface area contributed by atoms with E-state index < -0.39 is 5.54 Å². The van der Waals surface area contributed by atoms with Crippen molar-refractivity contribution in [2.75, 3.05) is 6.61 Å². The van der Waals surface area contributed by atoms with Crippen molar-refractivity contribution in [3.8, 4) is 0 Å². The van der Waals surface area contributed by atoms with Crippen molar-refractivity contribution in [2.24, 2.45) is 5.73 Å². The van der Waals surface area contributed by atoms with Gasteiger partial charge in [0, 0.05) is 0 Å². The molecule has 0 aliphatic rings. The van der Waals surface area contributed by atoms with E-state index in [-0.39, 0.29) is 6.61 Å². The van der Waals surface area contributed by atoms with Crippen LogP contribution < -0.4 is 5.73 Å². The fourth-order valence-electron chi connectivity index (χ4n) is 1.09. The number of nitrogens with two attached hydrogens (primary N) is 1. The van der Waals surface area contributed by atoms with Gasteiger partial charge in [0.15, 0.2) is 0 Å². The average Bonchev–Trinajstić information content (AvgIpc) is 2.05. The summed E-state index contributed by atoms with van der Waals surface area (Å²) in [6.07, 6.45) is 0. The van der Waals surface area contributed by atoms with Crippen LogP contribution in [0.15, 0.2) is 24.3 Å². The molecular formula is C10H15NO. The van der Waals surface area contributed by atoms with Gasteiger partial charge in [-0.2, -0.15) is 0 Å². The average molecular weight is 165 g/mol. The number of aryl methyl sites for hydroxylation is 1. The predicted octanol–water partition coefficient (Wildman–Crippen LogP) is 1.16. The summed E-state index contributed by atoms with van der Waals surface area (Å²) >= 11 is 0. The van der Waals surface area contributed by atoms with Crippen molar-refractivity contribution in [3.63, 3.8) is 0 Å². The van der Waals surface area contributed by atoms with Crippen LogP contribution in [0.5, 0.6) is 0 Å². The number of aliphatic hydroxyl groups is 1. The van der Waals surface area contributed by atoms with Gasteiger partial charge in [0.2, 0.25) is 0 Å². The lowest BCUT2D eigenvalue weighted by Crippen LogP contribution is -2.36. The standard InChI is InChI=1S/C10H15NO/c1-8-4-3-5-9(6-8)10(2,11)7-12/h3-6,12H,7,11H2,1-2H3. The Kier molecular flexibility index (Phi) is 2.50. The summed E-state index contributed by atoms with van der Waals surface area (Å²) in [5.74, 6) is 0. The summed E-state index contributed by atoms with van der Waals surface area (Å²) in [4.78, 5) is 0. The first-order chi connectivity index (χ1) is 5.56. The second kappa shape index (κ2) is 3.25. The van der Waals surface area contributed by atoms with E-state index in [4.69, 9.17) is 10.8 Å². The van der Waals surface area contributed by atoms with Crippen LogP contribution in [0.25, 0.3) is 0 Å². The summed E-state index contributed by atoms with van der Waals surface area (Å²) in [6, 6.07) is 7.89. The lowest BCUT2D eigenvalue weighted by Gasteiger charge is -2.22. The molecule has 0 aliphatic carbocycles. The molecule has 1 unspecified atom stereocenters. The molecule has 0 aromatic heterocycles. The Morgan fingerprint density at radius 1 is 1.50 bits per heavy atom. The van der Waals surface area contributed by atoms with E-state index in [2.05, 4.69) is 0 Å². The van der Waals surface area contributed by atoms with Crippen LogP contribution in [0.2, 0.25) is 0 Å². The molecule has 0 saturated carbocycles. The van der Waals surface area contributed by atoms with E-state index in [1.165, 1.54) is 0 Å². The van der Waals surface area contributed by atoms with E-state index in [9.17, 15) is 0 Å². The fourth-order valence-corrected chi connectivity index (χ4v) is 1.09. The Morgan fingerprint density at radius 3 is 2.67 bits per heavy atom. The second-order valence-electron chi connectivity index (χ2n) is 3.45. The Labute approximate surface area is 73.0 Å². The van der Waals surface area contributed by atoms with Crippen LogP contribution in [0.4, 0.5) is 0 Å². The molecule has 0 radical (unpaired) electrons. The minimum atomic E-state index is -0.619. The minimum absolute atomic E-state index is 0.0313. The van der Waals surface area contributed by atoms with Gasteiger partial charge in [0.25, 0.3) is 0 Å². The largest absolute Gasteiger partial charge is 0.394 e. The molecule has 1 aromatic carbocycles. The highest BCUT2D eigenvalue weighted by atomic mass is 16.3. The minimum Gasteiger partial charge on any atom is -0.394 e. The molecule has 12 heavy (non-hydrogen) atoms.